The number of aliphatic hydroxyl groups excluding tert-OH is 1. The molecular weight excluding hydrogens is 299 g/mol. The predicted octanol–water partition coefficient (Wildman–Crippen LogP) is 3.10. The van der Waals surface area contributed by atoms with Gasteiger partial charge >= 0.3 is 6.18 Å². The lowest BCUT2D eigenvalue weighted by atomic mass is 9.93. The molecule has 2 nitrogen and oxygen atoms in total. The molecule has 17 heavy (non-hydrogen) atoms. The third kappa shape index (κ3) is 3.43. The van der Waals surface area contributed by atoms with Crippen LogP contribution in [0.4, 0.5) is 13.2 Å². The summed E-state index contributed by atoms with van der Waals surface area (Å²) in [6, 6.07) is 3.70. The number of halogens is 4. The van der Waals surface area contributed by atoms with Gasteiger partial charge in [-0.2, -0.15) is 13.2 Å². The molecule has 0 radical (unpaired) electrons. The van der Waals surface area contributed by atoms with Crippen LogP contribution in [0.3, 0.4) is 0 Å². The molecule has 1 aromatic rings. The molecule has 96 valence electrons. The summed E-state index contributed by atoms with van der Waals surface area (Å²) in [5, 5.41) is 9.83. The third-order valence-electron chi connectivity index (χ3n) is 2.55. The molecule has 0 saturated heterocycles. The molecule has 1 aromatic carbocycles. The molecular formula is C11H13BrF3NO. The zero-order chi connectivity index (χ0) is 13.2. The molecule has 0 aromatic heterocycles. The highest BCUT2D eigenvalue weighted by Crippen LogP contribution is 2.37. The first-order valence-electron chi connectivity index (χ1n) is 5.02. The normalized spacial score (nSPS) is 15.7. The summed E-state index contributed by atoms with van der Waals surface area (Å²) < 4.78 is 38.7. The highest BCUT2D eigenvalue weighted by Gasteiger charge is 2.36. The van der Waals surface area contributed by atoms with E-state index < -0.39 is 23.8 Å². The van der Waals surface area contributed by atoms with Crippen LogP contribution in [0, 0.1) is 5.92 Å². The summed E-state index contributed by atoms with van der Waals surface area (Å²) in [5.74, 6) is -0.433. The molecule has 0 aliphatic carbocycles. The van der Waals surface area contributed by atoms with E-state index in [9.17, 15) is 18.3 Å². The van der Waals surface area contributed by atoms with Gasteiger partial charge in [0, 0.05) is 4.47 Å². The highest BCUT2D eigenvalue weighted by molar-refractivity contribution is 9.10. The Morgan fingerprint density at radius 3 is 2.47 bits per heavy atom. The second-order valence-corrected chi connectivity index (χ2v) is 4.80. The van der Waals surface area contributed by atoms with E-state index in [4.69, 9.17) is 5.73 Å². The number of hydrogen-bond acceptors (Lipinski definition) is 2. The molecule has 0 bridgehead atoms. The van der Waals surface area contributed by atoms with Gasteiger partial charge in [-0.15, -0.1) is 0 Å². The molecule has 0 amide bonds. The van der Waals surface area contributed by atoms with Crippen molar-refractivity contribution in [3.8, 4) is 0 Å². The average Bonchev–Trinajstić information content (AvgIpc) is 2.25. The van der Waals surface area contributed by atoms with Crippen molar-refractivity contribution in [3.63, 3.8) is 0 Å². The van der Waals surface area contributed by atoms with Crippen LogP contribution >= 0.6 is 15.9 Å². The standard InChI is InChI=1S/C11H13BrF3NO/c1-6(5-16)10(17)8-3-2-7(12)4-9(8)11(13,14)15/h2-4,6,10,17H,5,16H2,1H3. The second kappa shape index (κ2) is 5.37. The van der Waals surface area contributed by atoms with Gasteiger partial charge in [0.05, 0.1) is 11.7 Å². The van der Waals surface area contributed by atoms with Crippen molar-refractivity contribution in [2.45, 2.75) is 19.2 Å². The van der Waals surface area contributed by atoms with Crippen LogP contribution < -0.4 is 5.73 Å². The van der Waals surface area contributed by atoms with E-state index in [0.717, 1.165) is 6.07 Å². The Bertz CT molecular complexity index is 395. The molecule has 0 aliphatic rings. The lowest BCUT2D eigenvalue weighted by molar-refractivity contribution is -0.139. The number of alkyl halides is 3. The van der Waals surface area contributed by atoms with Gasteiger partial charge in [-0.05, 0) is 30.2 Å². The van der Waals surface area contributed by atoms with Crippen molar-refractivity contribution in [3.05, 3.63) is 33.8 Å². The fourth-order valence-corrected chi connectivity index (χ4v) is 1.83. The Labute approximate surface area is 106 Å². The average molecular weight is 312 g/mol. The molecule has 1 rings (SSSR count). The van der Waals surface area contributed by atoms with Crippen LogP contribution in [-0.4, -0.2) is 11.7 Å². The van der Waals surface area contributed by atoms with E-state index in [-0.39, 0.29) is 12.1 Å². The zero-order valence-electron chi connectivity index (χ0n) is 9.13. The topological polar surface area (TPSA) is 46.2 Å². The molecule has 6 heteroatoms. The Morgan fingerprint density at radius 1 is 1.41 bits per heavy atom. The number of hydrogen-bond donors (Lipinski definition) is 2. The van der Waals surface area contributed by atoms with Crippen molar-refractivity contribution in [1.82, 2.24) is 0 Å². The first-order chi connectivity index (χ1) is 7.77. The molecule has 0 fully saturated rings. The predicted molar refractivity (Wildman–Crippen MR) is 62.3 cm³/mol. The van der Waals surface area contributed by atoms with Crippen molar-refractivity contribution < 1.29 is 18.3 Å². The summed E-state index contributed by atoms with van der Waals surface area (Å²) in [6.07, 6.45) is -5.71. The summed E-state index contributed by atoms with van der Waals surface area (Å²) in [5.41, 5.74) is 4.38. The minimum Gasteiger partial charge on any atom is -0.388 e. The minimum atomic E-state index is -4.49. The van der Waals surface area contributed by atoms with Gasteiger partial charge < -0.3 is 10.8 Å². The largest absolute Gasteiger partial charge is 0.416 e. The Morgan fingerprint density at radius 2 is 2.00 bits per heavy atom. The lowest BCUT2D eigenvalue weighted by Gasteiger charge is -2.21. The number of nitrogens with two attached hydrogens (primary N) is 1. The highest BCUT2D eigenvalue weighted by atomic mass is 79.9. The first-order valence-corrected chi connectivity index (χ1v) is 5.81. The monoisotopic (exact) mass is 311 g/mol. The minimum absolute atomic E-state index is 0.120. The quantitative estimate of drug-likeness (QED) is 0.901. The fraction of sp³-hybridized carbons (Fsp3) is 0.455. The molecule has 2 unspecified atom stereocenters. The van der Waals surface area contributed by atoms with Gasteiger partial charge in [0.15, 0.2) is 0 Å². The first kappa shape index (κ1) is 14.5. The van der Waals surface area contributed by atoms with Gasteiger partial charge in [-0.25, -0.2) is 0 Å². The van der Waals surface area contributed by atoms with Crippen LogP contribution in [0.15, 0.2) is 22.7 Å². The van der Waals surface area contributed by atoms with Crippen LogP contribution in [0.25, 0.3) is 0 Å². The van der Waals surface area contributed by atoms with E-state index in [1.165, 1.54) is 12.1 Å². The van der Waals surface area contributed by atoms with Gasteiger partial charge in [-0.1, -0.05) is 28.9 Å². The lowest BCUT2D eigenvalue weighted by Crippen LogP contribution is -2.21. The molecule has 0 aliphatic heterocycles. The van der Waals surface area contributed by atoms with Crippen molar-refractivity contribution in [1.29, 1.82) is 0 Å². The van der Waals surface area contributed by atoms with Crippen LogP contribution in [0.2, 0.25) is 0 Å². The zero-order valence-corrected chi connectivity index (χ0v) is 10.7. The SMILES string of the molecule is CC(CN)C(O)c1ccc(Br)cc1C(F)(F)F. The number of benzene rings is 1. The summed E-state index contributed by atoms with van der Waals surface area (Å²) in [4.78, 5) is 0. The number of rotatable bonds is 3. The Balaban J connectivity index is 3.24. The Kier molecular flexibility index (Phi) is 4.57. The Hall–Kier alpha value is -0.590. The van der Waals surface area contributed by atoms with Gasteiger partial charge in [0.2, 0.25) is 0 Å². The molecule has 0 saturated carbocycles. The fourth-order valence-electron chi connectivity index (χ4n) is 1.47. The van der Waals surface area contributed by atoms with E-state index >= 15 is 0 Å². The van der Waals surface area contributed by atoms with E-state index in [1.54, 1.807) is 6.92 Å². The molecule has 2 atom stereocenters. The smallest absolute Gasteiger partial charge is 0.388 e. The third-order valence-corrected chi connectivity index (χ3v) is 3.04. The maximum Gasteiger partial charge on any atom is 0.416 e. The van der Waals surface area contributed by atoms with E-state index in [1.807, 2.05) is 0 Å². The van der Waals surface area contributed by atoms with Crippen LogP contribution in [-0.2, 0) is 6.18 Å². The molecule has 3 N–H and O–H groups in total. The molecule has 0 heterocycles. The van der Waals surface area contributed by atoms with Crippen molar-refractivity contribution in [2.75, 3.05) is 6.54 Å². The summed E-state index contributed by atoms with van der Waals surface area (Å²) >= 11 is 2.99. The van der Waals surface area contributed by atoms with Gasteiger partial charge in [0.1, 0.15) is 0 Å². The maximum absolute atomic E-state index is 12.8. The van der Waals surface area contributed by atoms with Crippen LogP contribution in [0.5, 0.6) is 0 Å². The number of aliphatic hydroxyl groups is 1. The van der Waals surface area contributed by atoms with E-state index in [2.05, 4.69) is 15.9 Å². The van der Waals surface area contributed by atoms with Crippen LogP contribution in [0.1, 0.15) is 24.2 Å². The summed E-state index contributed by atoms with van der Waals surface area (Å²) in [7, 11) is 0. The maximum atomic E-state index is 12.8. The molecule has 0 spiro atoms. The summed E-state index contributed by atoms with van der Waals surface area (Å²) in [6.45, 7) is 1.72. The van der Waals surface area contributed by atoms with Gasteiger partial charge in [-0.3, -0.25) is 0 Å². The second-order valence-electron chi connectivity index (χ2n) is 3.89. The van der Waals surface area contributed by atoms with E-state index in [0.29, 0.717) is 4.47 Å². The van der Waals surface area contributed by atoms with Crippen molar-refractivity contribution in [2.24, 2.45) is 11.7 Å². The van der Waals surface area contributed by atoms with Crippen molar-refractivity contribution >= 4 is 15.9 Å². The van der Waals surface area contributed by atoms with Gasteiger partial charge in [0.25, 0.3) is 0 Å².